The van der Waals surface area contributed by atoms with Gasteiger partial charge in [-0.1, -0.05) is 18.7 Å². The molecule has 7 heteroatoms. The second-order valence-corrected chi connectivity index (χ2v) is 6.10. The van der Waals surface area contributed by atoms with Crippen molar-refractivity contribution < 1.29 is 9.53 Å². The van der Waals surface area contributed by atoms with E-state index in [9.17, 15) is 4.79 Å². The van der Waals surface area contributed by atoms with Crippen molar-refractivity contribution in [3.8, 4) is 5.75 Å². The third kappa shape index (κ3) is 4.49. The molecule has 6 nitrogen and oxygen atoms in total. The molecule has 0 bridgehead atoms. The van der Waals surface area contributed by atoms with Gasteiger partial charge in [-0.2, -0.15) is 0 Å². The lowest BCUT2D eigenvalue weighted by Gasteiger charge is -2.10. The fourth-order valence-corrected chi connectivity index (χ4v) is 2.55. The summed E-state index contributed by atoms with van der Waals surface area (Å²) in [5.41, 5.74) is 0.736. The maximum Gasteiger partial charge on any atom is 0.237 e. The molecule has 1 heterocycles. The summed E-state index contributed by atoms with van der Waals surface area (Å²) in [6.07, 6.45) is 1.87. The molecule has 2 rings (SSSR count). The second-order valence-electron chi connectivity index (χ2n) is 4.79. The van der Waals surface area contributed by atoms with Gasteiger partial charge in [0.2, 0.25) is 11.1 Å². The molecule has 0 radical (unpaired) electrons. The van der Waals surface area contributed by atoms with Gasteiger partial charge in [-0.15, -0.1) is 5.10 Å². The minimum absolute atomic E-state index is 0.0861. The number of benzene rings is 1. The van der Waals surface area contributed by atoms with E-state index in [-0.39, 0.29) is 11.2 Å². The number of carbonyl (C=O) groups excluding carboxylic acids is 1. The highest BCUT2D eigenvalue weighted by atomic mass is 32.2. The largest absolute Gasteiger partial charge is 0.497 e. The van der Waals surface area contributed by atoms with Crippen LogP contribution in [0.2, 0.25) is 0 Å². The maximum absolute atomic E-state index is 12.2. The van der Waals surface area contributed by atoms with Crippen LogP contribution in [0, 0.1) is 0 Å². The predicted octanol–water partition coefficient (Wildman–Crippen LogP) is 2.89. The third-order valence-corrected chi connectivity index (χ3v) is 3.97. The average Bonchev–Trinajstić information content (AvgIpc) is 2.95. The van der Waals surface area contributed by atoms with Crippen LogP contribution in [0.4, 0.5) is 5.69 Å². The zero-order valence-corrected chi connectivity index (χ0v) is 13.7. The zero-order valence-electron chi connectivity index (χ0n) is 12.9. The molecule has 1 aromatic heterocycles. The molecule has 0 spiro atoms. The van der Waals surface area contributed by atoms with Crippen molar-refractivity contribution in [1.29, 1.82) is 0 Å². The molecular formula is C15H20N4O2S. The number of ether oxygens (including phenoxy) is 1. The first kappa shape index (κ1) is 16.4. The number of methoxy groups -OCH3 is 1. The number of hydrogen-bond donors (Lipinski definition) is 2. The lowest BCUT2D eigenvalue weighted by atomic mass is 10.3. The molecule has 1 amide bonds. The van der Waals surface area contributed by atoms with Crippen LogP contribution in [0.1, 0.15) is 26.1 Å². The number of nitrogens with zero attached hydrogens (tertiary/aromatic N) is 2. The van der Waals surface area contributed by atoms with Gasteiger partial charge in [0.15, 0.2) is 0 Å². The Morgan fingerprint density at radius 1 is 1.41 bits per heavy atom. The number of nitrogens with one attached hydrogen (secondary N) is 2. The van der Waals surface area contributed by atoms with Crippen LogP contribution < -0.4 is 10.1 Å². The summed E-state index contributed by atoms with van der Waals surface area (Å²) >= 11 is 1.34. The first-order valence-electron chi connectivity index (χ1n) is 7.15. The molecule has 22 heavy (non-hydrogen) atoms. The first-order chi connectivity index (χ1) is 10.6. The number of rotatable bonds is 7. The molecule has 1 atom stereocenters. The van der Waals surface area contributed by atoms with Crippen LogP contribution in [0.3, 0.4) is 0 Å². The van der Waals surface area contributed by atoms with Gasteiger partial charge in [-0.25, -0.2) is 4.98 Å². The molecule has 0 saturated heterocycles. The first-order valence-corrected chi connectivity index (χ1v) is 8.03. The summed E-state index contributed by atoms with van der Waals surface area (Å²) in [5.74, 6) is 1.52. The van der Waals surface area contributed by atoms with Crippen molar-refractivity contribution >= 4 is 23.4 Å². The number of aryl methyl sites for hydroxylation is 1. The van der Waals surface area contributed by atoms with Gasteiger partial charge in [-0.05, 0) is 37.6 Å². The Morgan fingerprint density at radius 3 is 2.77 bits per heavy atom. The summed E-state index contributed by atoms with van der Waals surface area (Å²) in [7, 11) is 1.61. The predicted molar refractivity (Wildman–Crippen MR) is 87.3 cm³/mol. The van der Waals surface area contributed by atoms with Gasteiger partial charge in [0.05, 0.1) is 12.4 Å². The van der Waals surface area contributed by atoms with Crippen molar-refractivity contribution in [3.05, 3.63) is 30.1 Å². The Morgan fingerprint density at radius 2 is 2.14 bits per heavy atom. The number of H-pyrrole nitrogens is 1. The summed E-state index contributed by atoms with van der Waals surface area (Å²) < 4.78 is 5.09. The number of amides is 1. The highest BCUT2D eigenvalue weighted by Crippen LogP contribution is 2.21. The SMILES string of the molecule is CCCc1nc(SC(C)C(=O)Nc2ccc(OC)cc2)n[nH]1. The van der Waals surface area contributed by atoms with Crippen LogP contribution in [0.15, 0.2) is 29.4 Å². The lowest BCUT2D eigenvalue weighted by Crippen LogP contribution is -2.22. The minimum atomic E-state index is -0.285. The molecule has 0 saturated carbocycles. The summed E-state index contributed by atoms with van der Waals surface area (Å²) in [6, 6.07) is 7.22. The second kappa shape index (κ2) is 7.84. The molecule has 0 fully saturated rings. The summed E-state index contributed by atoms with van der Waals surface area (Å²) in [6.45, 7) is 3.92. The molecule has 1 aromatic carbocycles. The maximum atomic E-state index is 12.2. The van der Waals surface area contributed by atoms with Gasteiger partial charge in [0.1, 0.15) is 11.6 Å². The van der Waals surface area contributed by atoms with E-state index in [0.717, 1.165) is 30.1 Å². The molecule has 118 valence electrons. The van der Waals surface area contributed by atoms with Crippen molar-refractivity contribution in [2.24, 2.45) is 0 Å². The third-order valence-electron chi connectivity index (χ3n) is 3.01. The average molecular weight is 320 g/mol. The zero-order chi connectivity index (χ0) is 15.9. The van der Waals surface area contributed by atoms with Crippen molar-refractivity contribution in [3.63, 3.8) is 0 Å². The Kier molecular flexibility index (Phi) is 5.83. The molecular weight excluding hydrogens is 300 g/mol. The molecule has 0 aliphatic rings. The van der Waals surface area contributed by atoms with Gasteiger partial charge >= 0.3 is 0 Å². The standard InChI is InChI=1S/C15H20N4O2S/c1-4-5-13-17-15(19-18-13)22-10(2)14(20)16-11-6-8-12(21-3)9-7-11/h6-10H,4-5H2,1-3H3,(H,16,20)(H,17,18,19). The Bertz CT molecular complexity index is 612. The van der Waals surface area contributed by atoms with E-state index in [1.807, 2.05) is 6.92 Å². The van der Waals surface area contributed by atoms with Crippen LogP contribution >= 0.6 is 11.8 Å². The quantitative estimate of drug-likeness (QED) is 0.767. The van der Waals surface area contributed by atoms with E-state index < -0.39 is 0 Å². The Hall–Kier alpha value is -2.02. The summed E-state index contributed by atoms with van der Waals surface area (Å²) in [5, 5.41) is 10.2. The van der Waals surface area contributed by atoms with E-state index in [2.05, 4.69) is 27.4 Å². The van der Waals surface area contributed by atoms with E-state index in [4.69, 9.17) is 4.74 Å². The topological polar surface area (TPSA) is 79.9 Å². The van der Waals surface area contributed by atoms with E-state index >= 15 is 0 Å². The van der Waals surface area contributed by atoms with Crippen LogP contribution in [-0.2, 0) is 11.2 Å². The van der Waals surface area contributed by atoms with Crippen LogP contribution in [0.25, 0.3) is 0 Å². The van der Waals surface area contributed by atoms with Crippen molar-refractivity contribution in [1.82, 2.24) is 15.2 Å². The Labute approximate surface area is 134 Å². The highest BCUT2D eigenvalue weighted by Gasteiger charge is 2.17. The number of aromatic nitrogens is 3. The normalized spacial score (nSPS) is 12.0. The minimum Gasteiger partial charge on any atom is -0.497 e. The van der Waals surface area contributed by atoms with E-state index in [0.29, 0.717) is 5.16 Å². The van der Waals surface area contributed by atoms with Crippen LogP contribution in [0.5, 0.6) is 5.75 Å². The molecule has 2 aromatic rings. The monoisotopic (exact) mass is 320 g/mol. The van der Waals surface area contributed by atoms with Gasteiger partial charge < -0.3 is 10.1 Å². The highest BCUT2D eigenvalue weighted by molar-refractivity contribution is 8.00. The Balaban J connectivity index is 1.90. The fourth-order valence-electron chi connectivity index (χ4n) is 1.81. The van der Waals surface area contributed by atoms with Gasteiger partial charge in [0, 0.05) is 12.1 Å². The number of thioether (sulfide) groups is 1. The fraction of sp³-hybridized carbons (Fsp3) is 0.400. The van der Waals surface area contributed by atoms with E-state index in [1.165, 1.54) is 11.8 Å². The number of carbonyl (C=O) groups is 1. The molecule has 0 aliphatic heterocycles. The summed E-state index contributed by atoms with van der Waals surface area (Å²) in [4.78, 5) is 16.5. The molecule has 0 aliphatic carbocycles. The lowest BCUT2D eigenvalue weighted by molar-refractivity contribution is -0.115. The van der Waals surface area contributed by atoms with Crippen molar-refractivity contribution in [2.45, 2.75) is 37.1 Å². The number of anilines is 1. The molecule has 2 N–H and O–H groups in total. The van der Waals surface area contributed by atoms with Gasteiger partial charge in [0.25, 0.3) is 0 Å². The van der Waals surface area contributed by atoms with Gasteiger partial charge in [-0.3, -0.25) is 9.89 Å². The smallest absolute Gasteiger partial charge is 0.237 e. The number of aromatic amines is 1. The molecule has 1 unspecified atom stereocenters. The number of hydrogen-bond acceptors (Lipinski definition) is 5. The van der Waals surface area contributed by atoms with Crippen LogP contribution in [-0.4, -0.2) is 33.4 Å². The van der Waals surface area contributed by atoms with E-state index in [1.54, 1.807) is 31.4 Å². The van der Waals surface area contributed by atoms with Crippen molar-refractivity contribution in [2.75, 3.05) is 12.4 Å².